The average Bonchev–Trinajstić information content (AvgIpc) is 3.20. The van der Waals surface area contributed by atoms with Gasteiger partial charge < -0.3 is 31.1 Å². The molecule has 0 spiro atoms. The van der Waals surface area contributed by atoms with Crippen molar-refractivity contribution in [3.05, 3.63) is 46.5 Å². The number of nitrogens with one attached hydrogen (secondary N) is 1. The molecule has 1 aromatic rings. The maximum Gasteiger partial charge on any atom is 0.414 e. The fraction of sp³-hybridized carbons (Fsp3) is 0.500. The van der Waals surface area contributed by atoms with E-state index >= 15 is 0 Å². The number of rotatable bonds is 7. The minimum Gasteiger partial charge on any atom is -0.471 e. The van der Waals surface area contributed by atoms with E-state index in [0.29, 0.717) is 5.56 Å². The first-order valence-corrected chi connectivity index (χ1v) is 10.7. The van der Waals surface area contributed by atoms with E-state index in [0.717, 1.165) is 0 Å². The molecule has 0 bridgehead atoms. The molecule has 6 N–H and O–H groups in total. The number of primary amides is 1. The predicted molar refractivity (Wildman–Crippen MR) is 114 cm³/mol. The molecule has 2 amide bonds. The second kappa shape index (κ2) is 10.7. The molecule has 2 aliphatic rings. The number of alkyl halides is 4. The number of hydrogen-bond donors (Lipinski definition) is 5. The van der Waals surface area contributed by atoms with Crippen LogP contribution in [-0.2, 0) is 16.0 Å². The summed E-state index contributed by atoms with van der Waals surface area (Å²) in [6, 6.07) is 5.57. The van der Waals surface area contributed by atoms with Crippen LogP contribution < -0.4 is 11.1 Å². The topological polar surface area (TPSA) is 154 Å². The molecule has 3 rings (SSSR count). The van der Waals surface area contributed by atoms with Crippen molar-refractivity contribution in [2.75, 3.05) is 19.7 Å². The highest BCUT2D eigenvalue weighted by atomic mass is 19.4. The maximum atomic E-state index is 14.1. The summed E-state index contributed by atoms with van der Waals surface area (Å²) in [7, 11) is 0. The quantitative estimate of drug-likeness (QED) is 0.334. The number of halogens is 4. The number of carbonyl (C=O) groups is 2. The van der Waals surface area contributed by atoms with Gasteiger partial charge in [-0.05, 0) is 24.1 Å². The standard InChI is InChI=1S/C22H25F4N3O6/c23-17-12(9-30)6-15(18(32)19(17)33)35-21-13(14(7-29-21)22(24,25)26)5-10-1-3-11(4-2-10)20(34)28-8-16(27)31/h1-4,12,15,17-19,30,32-33H,5-9H2,(H2,27,31)(H,28,34)/t12-,15-,17-,18+,19+/m1/s1. The number of benzene rings is 1. The number of ether oxygens (including phenoxy) is 1. The Bertz CT molecular complexity index is 1010. The minimum absolute atomic E-state index is 0.159. The fourth-order valence-electron chi connectivity index (χ4n) is 3.96. The lowest BCUT2D eigenvalue weighted by Gasteiger charge is -2.38. The van der Waals surface area contributed by atoms with E-state index in [1.807, 2.05) is 0 Å². The molecule has 1 aliphatic carbocycles. The zero-order valence-electron chi connectivity index (χ0n) is 18.3. The maximum absolute atomic E-state index is 14.1. The van der Waals surface area contributed by atoms with E-state index in [2.05, 4.69) is 10.3 Å². The van der Waals surface area contributed by atoms with Gasteiger partial charge in [-0.1, -0.05) is 12.1 Å². The monoisotopic (exact) mass is 503 g/mol. The van der Waals surface area contributed by atoms with Crippen molar-refractivity contribution < 1.29 is 47.2 Å². The largest absolute Gasteiger partial charge is 0.471 e. The molecule has 0 unspecified atom stereocenters. The fourth-order valence-corrected chi connectivity index (χ4v) is 3.96. The first-order valence-electron chi connectivity index (χ1n) is 10.7. The van der Waals surface area contributed by atoms with E-state index in [4.69, 9.17) is 10.5 Å². The van der Waals surface area contributed by atoms with Crippen molar-refractivity contribution in [3.8, 4) is 0 Å². The van der Waals surface area contributed by atoms with E-state index in [1.165, 1.54) is 24.3 Å². The highest BCUT2D eigenvalue weighted by Crippen LogP contribution is 2.36. The van der Waals surface area contributed by atoms with Crippen molar-refractivity contribution in [3.63, 3.8) is 0 Å². The Labute approximate surface area is 197 Å². The Morgan fingerprint density at radius 1 is 1.17 bits per heavy atom. The summed E-state index contributed by atoms with van der Waals surface area (Å²) in [6.45, 7) is -1.74. The molecule has 5 atom stereocenters. The molecular formula is C22H25F4N3O6. The van der Waals surface area contributed by atoms with Crippen LogP contribution in [0.5, 0.6) is 0 Å². The molecule has 0 saturated heterocycles. The summed E-state index contributed by atoms with van der Waals surface area (Å²) in [5, 5.41) is 31.7. The number of aliphatic imine (C=N–C) groups is 1. The van der Waals surface area contributed by atoms with Gasteiger partial charge >= 0.3 is 6.18 Å². The molecule has 1 saturated carbocycles. The number of carbonyl (C=O) groups excluding carboxylic acids is 2. The van der Waals surface area contributed by atoms with Gasteiger partial charge in [-0.15, -0.1) is 0 Å². The minimum atomic E-state index is -4.72. The lowest BCUT2D eigenvalue weighted by Crippen LogP contribution is -2.54. The van der Waals surface area contributed by atoms with Gasteiger partial charge in [-0.25, -0.2) is 9.38 Å². The number of nitrogens with zero attached hydrogens (tertiary/aromatic N) is 1. The van der Waals surface area contributed by atoms with Crippen molar-refractivity contribution in [1.82, 2.24) is 5.32 Å². The van der Waals surface area contributed by atoms with Crippen molar-refractivity contribution >= 4 is 17.7 Å². The lowest BCUT2D eigenvalue weighted by molar-refractivity contribution is -0.137. The van der Waals surface area contributed by atoms with Crippen LogP contribution in [-0.4, -0.2) is 83.4 Å². The Kier molecular flexibility index (Phi) is 8.13. The third-order valence-corrected chi connectivity index (χ3v) is 5.91. The summed E-state index contributed by atoms with van der Waals surface area (Å²) in [6.07, 6.45) is -12.1. The molecule has 1 heterocycles. The van der Waals surface area contributed by atoms with Gasteiger partial charge in [0, 0.05) is 30.1 Å². The van der Waals surface area contributed by atoms with E-state index in [-0.39, 0.29) is 30.5 Å². The molecule has 9 nitrogen and oxygen atoms in total. The summed E-state index contributed by atoms with van der Waals surface area (Å²) >= 11 is 0. The lowest BCUT2D eigenvalue weighted by atomic mass is 9.82. The molecule has 0 aromatic heterocycles. The van der Waals surface area contributed by atoms with Gasteiger partial charge in [0.1, 0.15) is 24.5 Å². The highest BCUT2D eigenvalue weighted by Gasteiger charge is 2.47. The van der Waals surface area contributed by atoms with E-state index in [1.54, 1.807) is 0 Å². The number of hydrogen-bond acceptors (Lipinski definition) is 7. The number of amides is 2. The molecule has 35 heavy (non-hydrogen) atoms. The summed E-state index contributed by atoms with van der Waals surface area (Å²) < 4.78 is 60.5. The third-order valence-electron chi connectivity index (χ3n) is 5.91. The third kappa shape index (κ3) is 6.16. The van der Waals surface area contributed by atoms with Crippen LogP contribution in [0.2, 0.25) is 0 Å². The zero-order chi connectivity index (χ0) is 25.9. The first-order chi connectivity index (χ1) is 16.4. The van der Waals surface area contributed by atoms with Gasteiger partial charge in [0.2, 0.25) is 11.8 Å². The van der Waals surface area contributed by atoms with E-state index in [9.17, 15) is 42.5 Å². The molecule has 13 heteroatoms. The number of aliphatic hydroxyl groups excluding tert-OH is 3. The Morgan fingerprint density at radius 2 is 1.83 bits per heavy atom. The second-order valence-electron chi connectivity index (χ2n) is 8.36. The molecule has 1 aliphatic heterocycles. The van der Waals surface area contributed by atoms with Gasteiger partial charge in [0.25, 0.3) is 5.91 Å². The van der Waals surface area contributed by atoms with Crippen molar-refractivity contribution in [2.24, 2.45) is 16.6 Å². The molecular weight excluding hydrogens is 478 g/mol. The van der Waals surface area contributed by atoms with Gasteiger partial charge in [0.05, 0.1) is 18.7 Å². The molecule has 1 aromatic carbocycles. The van der Waals surface area contributed by atoms with Gasteiger partial charge in [0.15, 0.2) is 0 Å². The van der Waals surface area contributed by atoms with Crippen LogP contribution in [0.3, 0.4) is 0 Å². The van der Waals surface area contributed by atoms with Crippen LogP contribution in [0, 0.1) is 5.92 Å². The van der Waals surface area contributed by atoms with Gasteiger partial charge in [-0.2, -0.15) is 13.2 Å². The molecule has 1 fully saturated rings. The summed E-state index contributed by atoms with van der Waals surface area (Å²) in [4.78, 5) is 26.6. The van der Waals surface area contributed by atoms with Crippen LogP contribution in [0.25, 0.3) is 0 Å². The molecule has 0 radical (unpaired) electrons. The van der Waals surface area contributed by atoms with Crippen LogP contribution >= 0.6 is 0 Å². The van der Waals surface area contributed by atoms with Crippen LogP contribution in [0.15, 0.2) is 40.4 Å². The first kappa shape index (κ1) is 26.6. The predicted octanol–water partition coefficient (Wildman–Crippen LogP) is 0.173. The van der Waals surface area contributed by atoms with Crippen molar-refractivity contribution in [1.29, 1.82) is 0 Å². The van der Waals surface area contributed by atoms with E-state index < -0.39 is 73.0 Å². The summed E-state index contributed by atoms with van der Waals surface area (Å²) in [5.41, 5.74) is 4.25. The Morgan fingerprint density at radius 3 is 2.40 bits per heavy atom. The van der Waals surface area contributed by atoms with Crippen LogP contribution in [0.1, 0.15) is 22.3 Å². The average molecular weight is 503 g/mol. The number of nitrogens with two attached hydrogens (primary N) is 1. The Balaban J connectivity index is 1.79. The SMILES string of the molecule is NC(=O)CNC(=O)c1ccc(CC2=C(C(F)(F)F)CN=C2O[C@@H]2C[C@H](CO)[C@@H](F)[C@H](O)[C@H]2O)cc1. The van der Waals surface area contributed by atoms with Gasteiger partial charge in [-0.3, -0.25) is 9.59 Å². The zero-order valence-corrected chi connectivity index (χ0v) is 18.3. The second-order valence-corrected chi connectivity index (χ2v) is 8.36. The normalized spacial score (nSPS) is 26.9. The number of aliphatic hydroxyl groups is 3. The smallest absolute Gasteiger partial charge is 0.414 e. The Hall–Kier alpha value is -3.03. The molecule has 192 valence electrons. The summed E-state index contributed by atoms with van der Waals surface area (Å²) in [5.74, 6) is -2.79. The van der Waals surface area contributed by atoms with Crippen molar-refractivity contribution in [2.45, 2.75) is 43.5 Å². The van der Waals surface area contributed by atoms with Crippen LogP contribution in [0.4, 0.5) is 17.6 Å². The highest BCUT2D eigenvalue weighted by molar-refractivity contribution is 5.98.